The number of benzene rings is 1. The minimum atomic E-state index is -4.65. The zero-order valence-corrected chi connectivity index (χ0v) is 15.3. The normalized spacial score (nSPS) is 14.7. The third kappa shape index (κ3) is 3.92. The van der Waals surface area contributed by atoms with Crippen molar-refractivity contribution in [3.8, 4) is 5.69 Å². The van der Waals surface area contributed by atoms with Crippen LogP contribution in [0, 0.1) is 0 Å². The van der Waals surface area contributed by atoms with Crippen molar-refractivity contribution in [2.45, 2.75) is 6.18 Å². The molecule has 0 fully saturated rings. The first-order valence-corrected chi connectivity index (χ1v) is 8.09. The van der Waals surface area contributed by atoms with E-state index in [0.717, 1.165) is 31.3 Å². The van der Waals surface area contributed by atoms with Gasteiger partial charge in [-0.2, -0.15) is 18.3 Å². The van der Waals surface area contributed by atoms with Crippen LogP contribution >= 0.6 is 0 Å². The van der Waals surface area contributed by atoms with Crippen molar-refractivity contribution < 1.29 is 37.0 Å². The molecular weight excluding hydrogens is 397 g/mol. The summed E-state index contributed by atoms with van der Waals surface area (Å²) in [7, 11) is 2.19. The number of hydrogen-bond acceptors (Lipinski definition) is 8. The van der Waals surface area contributed by atoms with Gasteiger partial charge in [0.15, 0.2) is 0 Å². The van der Waals surface area contributed by atoms with E-state index in [9.17, 15) is 22.8 Å². The molecule has 3 rings (SSSR count). The fourth-order valence-corrected chi connectivity index (χ4v) is 2.78. The Bertz CT molecular complexity index is 956. The molecule has 0 radical (unpaired) electrons. The number of aromatic nitrogens is 3. The van der Waals surface area contributed by atoms with Gasteiger partial charge >= 0.3 is 18.1 Å². The predicted octanol–water partition coefficient (Wildman–Crippen LogP) is 1.68. The maximum Gasteiger partial charge on any atom is 0.416 e. The summed E-state index contributed by atoms with van der Waals surface area (Å²) in [6.07, 6.45) is -2.17. The predicted molar refractivity (Wildman–Crippen MR) is 90.7 cm³/mol. The molecule has 0 saturated heterocycles. The summed E-state index contributed by atoms with van der Waals surface area (Å²) >= 11 is 0. The fraction of sp³-hybridized carbons (Fsp3) is 0.294. The second-order valence-electron chi connectivity index (χ2n) is 5.76. The zero-order chi connectivity index (χ0) is 21.2. The third-order valence-electron chi connectivity index (χ3n) is 4.09. The van der Waals surface area contributed by atoms with E-state index in [0.29, 0.717) is 0 Å². The molecule has 9 nitrogen and oxygen atoms in total. The molecule has 12 heteroatoms. The molecule has 2 heterocycles. The lowest BCUT2D eigenvalue weighted by molar-refractivity contribution is -0.140. The van der Waals surface area contributed by atoms with E-state index in [2.05, 4.69) is 14.8 Å². The van der Waals surface area contributed by atoms with Crippen LogP contribution in [0.25, 0.3) is 5.69 Å². The Hall–Kier alpha value is -3.41. The first-order valence-electron chi connectivity index (χ1n) is 8.09. The number of halogens is 3. The number of nitrogens with zero attached hydrogens (tertiary/aromatic N) is 4. The van der Waals surface area contributed by atoms with Crippen molar-refractivity contribution in [1.29, 1.82) is 0 Å². The fourth-order valence-electron chi connectivity index (χ4n) is 2.78. The van der Waals surface area contributed by atoms with Crippen molar-refractivity contribution in [2.24, 2.45) is 0 Å². The van der Waals surface area contributed by atoms with Gasteiger partial charge in [-0.1, -0.05) is 0 Å². The standard InChI is InChI=1S/C17H15F3N4O5/c1-27-15(25)11-6-29-9-23(14(11)16(26)28-2)13-5-10(17(18,19)20)3-4-12(13)24-8-21-7-22-24/h3-5,7-8H,6,9H2,1-2H3. The van der Waals surface area contributed by atoms with E-state index in [1.54, 1.807) is 0 Å². The molecule has 1 aliphatic rings. The average Bonchev–Trinajstić information content (AvgIpc) is 3.25. The van der Waals surface area contributed by atoms with Gasteiger partial charge in [0.25, 0.3) is 0 Å². The van der Waals surface area contributed by atoms with Gasteiger partial charge in [0.1, 0.15) is 25.1 Å². The molecule has 0 saturated carbocycles. The maximum atomic E-state index is 13.3. The molecular formula is C17H15F3N4O5. The van der Waals surface area contributed by atoms with Crippen LogP contribution in [0.4, 0.5) is 18.9 Å². The number of ether oxygens (including phenoxy) is 3. The van der Waals surface area contributed by atoms with Crippen molar-refractivity contribution in [3.63, 3.8) is 0 Å². The Morgan fingerprint density at radius 1 is 1.14 bits per heavy atom. The van der Waals surface area contributed by atoms with E-state index in [1.807, 2.05) is 0 Å². The molecule has 1 aromatic carbocycles. The van der Waals surface area contributed by atoms with Crippen molar-refractivity contribution >= 4 is 17.6 Å². The van der Waals surface area contributed by atoms with Gasteiger partial charge in [0, 0.05) is 0 Å². The monoisotopic (exact) mass is 412 g/mol. The molecule has 0 bridgehead atoms. The van der Waals surface area contributed by atoms with Crippen LogP contribution in [-0.2, 0) is 30.0 Å². The Labute approximate surface area is 162 Å². The van der Waals surface area contributed by atoms with E-state index in [-0.39, 0.29) is 36.0 Å². The quantitative estimate of drug-likeness (QED) is 0.700. The molecule has 1 aliphatic heterocycles. The van der Waals surface area contributed by atoms with Gasteiger partial charge in [0.05, 0.1) is 43.3 Å². The van der Waals surface area contributed by atoms with Crippen LogP contribution in [0.2, 0.25) is 0 Å². The number of rotatable bonds is 4. The molecule has 0 atom stereocenters. The summed E-state index contributed by atoms with van der Waals surface area (Å²) in [5.74, 6) is -1.81. The van der Waals surface area contributed by atoms with Crippen LogP contribution in [0.1, 0.15) is 5.56 Å². The Balaban J connectivity index is 2.26. The molecule has 0 spiro atoms. The molecule has 29 heavy (non-hydrogen) atoms. The second-order valence-corrected chi connectivity index (χ2v) is 5.76. The van der Waals surface area contributed by atoms with E-state index < -0.39 is 23.7 Å². The minimum Gasteiger partial charge on any atom is -0.466 e. The summed E-state index contributed by atoms with van der Waals surface area (Å²) in [5.41, 5.74) is -1.36. The topological polar surface area (TPSA) is 95.8 Å². The van der Waals surface area contributed by atoms with Crippen LogP contribution < -0.4 is 4.90 Å². The summed E-state index contributed by atoms with van der Waals surface area (Å²) < 4.78 is 55.9. The lowest BCUT2D eigenvalue weighted by Gasteiger charge is -2.32. The molecule has 0 N–H and O–H groups in total. The van der Waals surface area contributed by atoms with E-state index in [4.69, 9.17) is 9.47 Å². The van der Waals surface area contributed by atoms with Gasteiger partial charge in [0.2, 0.25) is 0 Å². The molecule has 154 valence electrons. The lowest BCUT2D eigenvalue weighted by atomic mass is 10.1. The summed E-state index contributed by atoms with van der Waals surface area (Å²) in [6.45, 7) is -0.584. The van der Waals surface area contributed by atoms with Gasteiger partial charge in [-0.3, -0.25) is 0 Å². The van der Waals surface area contributed by atoms with Gasteiger partial charge in [-0.05, 0) is 18.2 Å². The Kier molecular flexibility index (Phi) is 5.55. The van der Waals surface area contributed by atoms with Gasteiger partial charge in [-0.15, -0.1) is 0 Å². The summed E-state index contributed by atoms with van der Waals surface area (Å²) in [6, 6.07) is 2.87. The van der Waals surface area contributed by atoms with Gasteiger partial charge < -0.3 is 19.1 Å². The van der Waals surface area contributed by atoms with Crippen LogP contribution in [0.15, 0.2) is 42.1 Å². The molecule has 2 aromatic rings. The Morgan fingerprint density at radius 3 is 2.45 bits per heavy atom. The van der Waals surface area contributed by atoms with Crippen molar-refractivity contribution in [2.75, 3.05) is 32.5 Å². The highest BCUT2D eigenvalue weighted by atomic mass is 19.4. The van der Waals surface area contributed by atoms with Crippen LogP contribution in [-0.4, -0.2) is 54.3 Å². The lowest BCUT2D eigenvalue weighted by Crippen LogP contribution is -2.39. The summed E-state index contributed by atoms with van der Waals surface area (Å²) in [5, 5.41) is 3.93. The van der Waals surface area contributed by atoms with Crippen LogP contribution in [0.5, 0.6) is 0 Å². The first kappa shape index (κ1) is 20.3. The van der Waals surface area contributed by atoms with Gasteiger partial charge in [-0.25, -0.2) is 19.3 Å². The number of hydrogen-bond donors (Lipinski definition) is 0. The SMILES string of the molecule is COC(=O)C1=C(C(=O)OC)N(c2cc(C(F)(F)F)ccc2-n2cncn2)COC1. The maximum absolute atomic E-state index is 13.3. The second kappa shape index (κ2) is 7.91. The smallest absolute Gasteiger partial charge is 0.416 e. The number of anilines is 1. The molecule has 0 unspecified atom stereocenters. The number of carbonyl (C=O) groups excluding carboxylic acids is 2. The van der Waals surface area contributed by atoms with E-state index >= 15 is 0 Å². The first-order chi connectivity index (χ1) is 13.8. The average molecular weight is 412 g/mol. The summed E-state index contributed by atoms with van der Waals surface area (Å²) in [4.78, 5) is 29.4. The Morgan fingerprint density at radius 2 is 1.86 bits per heavy atom. The van der Waals surface area contributed by atoms with Crippen molar-refractivity contribution in [3.05, 3.63) is 47.7 Å². The number of alkyl halides is 3. The zero-order valence-electron chi connectivity index (χ0n) is 15.3. The number of methoxy groups -OCH3 is 2. The highest BCUT2D eigenvalue weighted by Crippen LogP contribution is 2.37. The minimum absolute atomic E-state index is 0.0909. The van der Waals surface area contributed by atoms with Crippen LogP contribution in [0.3, 0.4) is 0 Å². The third-order valence-corrected chi connectivity index (χ3v) is 4.09. The van der Waals surface area contributed by atoms with E-state index in [1.165, 1.54) is 23.4 Å². The largest absolute Gasteiger partial charge is 0.466 e. The van der Waals surface area contributed by atoms with Crippen molar-refractivity contribution in [1.82, 2.24) is 14.8 Å². The molecule has 0 aliphatic carbocycles. The number of esters is 2. The highest BCUT2D eigenvalue weighted by molar-refractivity contribution is 6.03. The highest BCUT2D eigenvalue weighted by Gasteiger charge is 2.36. The number of carbonyl (C=O) groups is 2. The molecule has 0 amide bonds. The molecule has 1 aromatic heterocycles.